The molecule has 1 atom stereocenters. The number of rotatable bonds is 7. The number of carbonyl (C=O) groups is 2. The number of nitrogens with zero attached hydrogens (tertiary/aromatic N) is 3. The Bertz CT molecular complexity index is 753. The summed E-state index contributed by atoms with van der Waals surface area (Å²) in [5.41, 5.74) is 0.292. The average molecular weight is 424 g/mol. The summed E-state index contributed by atoms with van der Waals surface area (Å²) in [7, 11) is 5.32. The van der Waals surface area contributed by atoms with E-state index in [1.54, 1.807) is 18.9 Å². The molecule has 0 bridgehead atoms. The predicted octanol–water partition coefficient (Wildman–Crippen LogP) is 2.50. The van der Waals surface area contributed by atoms with Gasteiger partial charge in [-0.1, -0.05) is 12.8 Å². The molecule has 1 aliphatic carbocycles. The largest absolute Gasteiger partial charge is 0.462 e. The highest BCUT2D eigenvalue weighted by atomic mass is 32.1. The van der Waals surface area contributed by atoms with Gasteiger partial charge in [0.25, 0.3) is 0 Å². The van der Waals surface area contributed by atoms with Gasteiger partial charge in [0, 0.05) is 27.7 Å². The summed E-state index contributed by atoms with van der Waals surface area (Å²) in [6, 6.07) is -0.142. The topological polar surface area (TPSA) is 95.9 Å². The van der Waals surface area contributed by atoms with Gasteiger partial charge in [0.15, 0.2) is 5.96 Å². The first kappa shape index (κ1) is 23.1. The first-order valence-electron chi connectivity index (χ1n) is 10.1. The van der Waals surface area contributed by atoms with E-state index in [1.807, 2.05) is 27.9 Å². The van der Waals surface area contributed by atoms with E-state index in [-0.39, 0.29) is 23.3 Å². The fourth-order valence-corrected chi connectivity index (χ4v) is 4.66. The Balaban J connectivity index is 2.03. The Kier molecular flexibility index (Phi) is 8.01. The van der Waals surface area contributed by atoms with Crippen molar-refractivity contribution >= 4 is 29.2 Å². The molecule has 1 unspecified atom stereocenters. The lowest BCUT2D eigenvalue weighted by Crippen LogP contribution is -2.49. The van der Waals surface area contributed by atoms with Crippen molar-refractivity contribution < 1.29 is 14.3 Å². The molecule has 1 amide bonds. The summed E-state index contributed by atoms with van der Waals surface area (Å²) in [6.07, 6.45) is 3.91. The van der Waals surface area contributed by atoms with Crippen LogP contribution >= 0.6 is 11.3 Å². The van der Waals surface area contributed by atoms with E-state index in [9.17, 15) is 9.59 Å². The molecule has 29 heavy (non-hydrogen) atoms. The van der Waals surface area contributed by atoms with Crippen LogP contribution in [0.15, 0.2) is 4.99 Å². The van der Waals surface area contributed by atoms with E-state index in [0.717, 1.165) is 30.7 Å². The number of hydrogen-bond acceptors (Lipinski definition) is 6. The summed E-state index contributed by atoms with van der Waals surface area (Å²) < 4.78 is 5.09. The molecule has 162 valence electrons. The van der Waals surface area contributed by atoms with E-state index in [1.165, 1.54) is 11.3 Å². The van der Waals surface area contributed by atoms with E-state index < -0.39 is 0 Å². The fraction of sp³-hybridized carbons (Fsp3) is 0.700. The van der Waals surface area contributed by atoms with Crippen LogP contribution in [0.2, 0.25) is 0 Å². The Labute approximate surface area is 177 Å². The summed E-state index contributed by atoms with van der Waals surface area (Å²) in [4.78, 5) is 35.8. The van der Waals surface area contributed by atoms with E-state index in [0.29, 0.717) is 29.7 Å². The number of esters is 1. The highest BCUT2D eigenvalue weighted by Gasteiger charge is 2.42. The van der Waals surface area contributed by atoms with Gasteiger partial charge in [-0.05, 0) is 33.6 Å². The van der Waals surface area contributed by atoms with Crippen molar-refractivity contribution in [1.82, 2.24) is 20.5 Å². The van der Waals surface area contributed by atoms with Gasteiger partial charge in [-0.25, -0.2) is 9.78 Å². The molecule has 0 spiro atoms. The van der Waals surface area contributed by atoms with Crippen molar-refractivity contribution in [3.05, 3.63) is 15.6 Å². The van der Waals surface area contributed by atoms with E-state index >= 15 is 0 Å². The highest BCUT2D eigenvalue weighted by molar-refractivity contribution is 7.13. The number of nitrogens with one attached hydrogen (secondary N) is 2. The van der Waals surface area contributed by atoms with Gasteiger partial charge in [-0.15, -0.1) is 11.3 Å². The van der Waals surface area contributed by atoms with Crippen LogP contribution < -0.4 is 10.6 Å². The molecule has 1 saturated carbocycles. The van der Waals surface area contributed by atoms with Crippen molar-refractivity contribution in [2.24, 2.45) is 10.4 Å². The second kappa shape index (κ2) is 10.0. The van der Waals surface area contributed by atoms with Crippen LogP contribution in [0.25, 0.3) is 0 Å². The van der Waals surface area contributed by atoms with Gasteiger partial charge >= 0.3 is 5.97 Å². The number of guanidine groups is 1. The minimum Gasteiger partial charge on any atom is -0.462 e. The van der Waals surface area contributed by atoms with Crippen molar-refractivity contribution in [1.29, 1.82) is 0 Å². The maximum absolute atomic E-state index is 12.7. The molecule has 0 aliphatic heterocycles. The Morgan fingerprint density at radius 3 is 2.55 bits per heavy atom. The molecule has 0 saturated heterocycles. The van der Waals surface area contributed by atoms with Gasteiger partial charge in [0.2, 0.25) is 5.91 Å². The van der Waals surface area contributed by atoms with Crippen LogP contribution in [-0.4, -0.2) is 62.0 Å². The van der Waals surface area contributed by atoms with E-state index in [2.05, 4.69) is 20.6 Å². The molecule has 8 nitrogen and oxygen atoms in total. The molecule has 1 heterocycles. The summed E-state index contributed by atoms with van der Waals surface area (Å²) in [5.74, 6) is 0.440. The van der Waals surface area contributed by atoms with Gasteiger partial charge in [-0.3, -0.25) is 9.79 Å². The van der Waals surface area contributed by atoms with Crippen molar-refractivity contribution in [2.75, 3.05) is 34.3 Å². The zero-order valence-corrected chi connectivity index (χ0v) is 19.1. The van der Waals surface area contributed by atoms with Crippen LogP contribution in [0.5, 0.6) is 0 Å². The molecule has 1 aliphatic rings. The number of amides is 1. The van der Waals surface area contributed by atoms with Gasteiger partial charge in [-0.2, -0.15) is 0 Å². The first-order valence-corrected chi connectivity index (χ1v) is 10.9. The normalized spacial score (nSPS) is 17.0. The quantitative estimate of drug-likeness (QED) is 0.397. The number of aliphatic imine (C=N–C) groups is 1. The molecule has 2 N–H and O–H groups in total. The smallest absolute Gasteiger partial charge is 0.350 e. The second-order valence-corrected chi connectivity index (χ2v) is 8.70. The van der Waals surface area contributed by atoms with Gasteiger partial charge in [0.05, 0.1) is 23.8 Å². The Hall–Kier alpha value is -2.16. The molecular weight excluding hydrogens is 390 g/mol. The van der Waals surface area contributed by atoms with Crippen molar-refractivity contribution in [3.63, 3.8) is 0 Å². The zero-order chi connectivity index (χ0) is 21.6. The minimum absolute atomic E-state index is 0.142. The first-order chi connectivity index (χ1) is 13.7. The lowest BCUT2D eigenvalue weighted by molar-refractivity contribution is -0.138. The third-order valence-electron chi connectivity index (χ3n) is 5.24. The molecule has 1 aromatic rings. The van der Waals surface area contributed by atoms with E-state index in [4.69, 9.17) is 4.74 Å². The van der Waals surface area contributed by atoms with Crippen molar-refractivity contribution in [2.45, 2.75) is 52.5 Å². The van der Waals surface area contributed by atoms with Crippen LogP contribution in [-0.2, 0) is 9.53 Å². The SMILES string of the molecule is CCOC(=O)c1sc(C(C)NC(=NC)NCC2(C(=O)N(C)C)CCCC2)nc1C. The molecule has 1 fully saturated rings. The molecule has 2 rings (SSSR count). The Morgan fingerprint density at radius 2 is 2.00 bits per heavy atom. The highest BCUT2D eigenvalue weighted by Crippen LogP contribution is 2.39. The number of thiazole rings is 1. The zero-order valence-electron chi connectivity index (χ0n) is 18.3. The molecule has 9 heteroatoms. The number of ether oxygens (including phenoxy) is 1. The maximum Gasteiger partial charge on any atom is 0.350 e. The number of carbonyl (C=O) groups excluding carboxylic acids is 2. The lowest BCUT2D eigenvalue weighted by Gasteiger charge is -2.31. The molecule has 0 aromatic carbocycles. The van der Waals surface area contributed by atoms with Crippen LogP contribution in [0.1, 0.15) is 65.9 Å². The number of hydrogen-bond donors (Lipinski definition) is 2. The lowest BCUT2D eigenvalue weighted by atomic mass is 9.84. The van der Waals surface area contributed by atoms with Crippen LogP contribution in [0, 0.1) is 12.3 Å². The third kappa shape index (κ3) is 5.46. The fourth-order valence-electron chi connectivity index (χ4n) is 3.70. The average Bonchev–Trinajstić information content (AvgIpc) is 3.32. The second-order valence-electron chi connectivity index (χ2n) is 7.67. The predicted molar refractivity (Wildman–Crippen MR) is 115 cm³/mol. The molecule has 0 radical (unpaired) electrons. The minimum atomic E-state index is -0.376. The van der Waals surface area contributed by atoms with Gasteiger partial charge in [0.1, 0.15) is 9.88 Å². The molecule has 1 aromatic heterocycles. The van der Waals surface area contributed by atoms with Crippen molar-refractivity contribution in [3.8, 4) is 0 Å². The summed E-state index contributed by atoms with van der Waals surface area (Å²) in [5, 5.41) is 7.43. The molecular formula is C20H33N5O3S. The van der Waals surface area contributed by atoms with Gasteiger partial charge < -0.3 is 20.3 Å². The summed E-state index contributed by atoms with van der Waals surface area (Å²) in [6.45, 7) is 6.44. The standard InChI is InChI=1S/C20H33N5O3S/c1-7-28-17(26)15-13(2)23-16(29-15)14(3)24-19(21-4)22-12-20(10-8-9-11-20)18(27)25(5)6/h14H,7-12H2,1-6H3,(H2,21,22,24). The number of aryl methyl sites for hydroxylation is 1. The number of aromatic nitrogens is 1. The third-order valence-corrected chi connectivity index (χ3v) is 6.56. The monoisotopic (exact) mass is 423 g/mol. The summed E-state index contributed by atoms with van der Waals surface area (Å²) >= 11 is 1.33. The maximum atomic E-state index is 12.7. The van der Waals surface area contributed by atoms with Crippen LogP contribution in [0.4, 0.5) is 0 Å². The van der Waals surface area contributed by atoms with Crippen LogP contribution in [0.3, 0.4) is 0 Å². The Morgan fingerprint density at radius 1 is 1.34 bits per heavy atom.